The second-order valence-electron chi connectivity index (χ2n) is 6.47. The molecule has 26 heavy (non-hydrogen) atoms. The first-order valence-corrected chi connectivity index (χ1v) is 9.09. The van der Waals surface area contributed by atoms with Crippen LogP contribution < -0.4 is 5.01 Å². The summed E-state index contributed by atoms with van der Waals surface area (Å²) in [5, 5.41) is 9.11. The van der Waals surface area contributed by atoms with Crippen molar-refractivity contribution < 1.29 is 0 Å². The minimum Gasteiger partial charge on any atom is -0.341 e. The molecule has 0 unspecified atom stereocenters. The standard InChI is InChI=1S/C23H23N3/c1-3-26-22-12-8-7-11-20(22)21-17-18(13-14-23(21)26)15-16-24-25(2)19-9-5-4-6-10-19/h4-14,16-17H,3,15H2,1-2H3. The van der Waals surface area contributed by atoms with Crippen molar-refractivity contribution in [2.45, 2.75) is 19.9 Å². The molecule has 0 amide bonds. The third-order valence-electron chi connectivity index (χ3n) is 4.86. The van der Waals surface area contributed by atoms with Gasteiger partial charge in [-0.15, -0.1) is 0 Å². The number of para-hydroxylation sites is 2. The van der Waals surface area contributed by atoms with Gasteiger partial charge in [-0.25, -0.2) is 0 Å². The second-order valence-corrected chi connectivity index (χ2v) is 6.47. The summed E-state index contributed by atoms with van der Waals surface area (Å²) in [6.07, 6.45) is 2.80. The Morgan fingerprint density at radius 1 is 0.885 bits per heavy atom. The lowest BCUT2D eigenvalue weighted by Crippen LogP contribution is -2.08. The molecule has 3 heteroatoms. The predicted molar refractivity (Wildman–Crippen MR) is 112 cm³/mol. The number of fused-ring (bicyclic) bond motifs is 3. The predicted octanol–water partition coefficient (Wildman–Crippen LogP) is 5.48. The zero-order chi connectivity index (χ0) is 17.9. The maximum atomic E-state index is 4.56. The Kier molecular flexibility index (Phi) is 4.44. The van der Waals surface area contributed by atoms with E-state index in [0.29, 0.717) is 0 Å². The zero-order valence-electron chi connectivity index (χ0n) is 15.3. The van der Waals surface area contributed by atoms with E-state index < -0.39 is 0 Å². The van der Waals surface area contributed by atoms with E-state index in [0.717, 1.165) is 18.7 Å². The van der Waals surface area contributed by atoms with Gasteiger partial charge in [-0.05, 0) is 42.8 Å². The van der Waals surface area contributed by atoms with E-state index in [1.165, 1.54) is 27.4 Å². The Hall–Kier alpha value is -3.07. The number of benzene rings is 3. The molecule has 130 valence electrons. The molecule has 1 heterocycles. The molecule has 0 N–H and O–H groups in total. The van der Waals surface area contributed by atoms with Gasteiger partial charge >= 0.3 is 0 Å². The Bertz CT molecular complexity index is 1060. The molecule has 0 bridgehead atoms. The molecule has 0 saturated heterocycles. The Labute approximate surface area is 154 Å². The minimum absolute atomic E-state index is 0.818. The highest BCUT2D eigenvalue weighted by atomic mass is 15.4. The molecule has 4 aromatic rings. The highest BCUT2D eigenvalue weighted by Crippen LogP contribution is 2.29. The number of hydrogen-bond acceptors (Lipinski definition) is 2. The van der Waals surface area contributed by atoms with Crippen LogP contribution in [-0.4, -0.2) is 17.8 Å². The van der Waals surface area contributed by atoms with Gasteiger partial charge in [0.25, 0.3) is 0 Å². The van der Waals surface area contributed by atoms with Crippen molar-refractivity contribution in [3.8, 4) is 0 Å². The normalized spacial score (nSPS) is 11.6. The lowest BCUT2D eigenvalue weighted by molar-refractivity contribution is 0.827. The van der Waals surface area contributed by atoms with Crippen LogP contribution in [0, 0.1) is 0 Å². The first-order valence-electron chi connectivity index (χ1n) is 9.09. The number of hydrazone groups is 1. The number of aromatic nitrogens is 1. The highest BCUT2D eigenvalue weighted by molar-refractivity contribution is 6.08. The molecule has 1 aromatic heterocycles. The van der Waals surface area contributed by atoms with Crippen LogP contribution in [-0.2, 0) is 13.0 Å². The molecule has 0 aliphatic rings. The molecule has 0 radical (unpaired) electrons. The van der Waals surface area contributed by atoms with E-state index in [1.807, 2.05) is 36.5 Å². The van der Waals surface area contributed by atoms with Gasteiger partial charge in [0, 0.05) is 48.0 Å². The fourth-order valence-electron chi connectivity index (χ4n) is 3.55. The monoisotopic (exact) mass is 341 g/mol. The summed E-state index contributed by atoms with van der Waals surface area (Å²) in [6, 6.07) is 25.6. The van der Waals surface area contributed by atoms with Gasteiger partial charge in [0.05, 0.1) is 5.69 Å². The molecule has 0 saturated carbocycles. The Balaban J connectivity index is 1.62. The summed E-state index contributed by atoms with van der Waals surface area (Å²) in [4.78, 5) is 0. The smallest absolute Gasteiger partial charge is 0.0590 e. The summed E-state index contributed by atoms with van der Waals surface area (Å²) >= 11 is 0. The van der Waals surface area contributed by atoms with Crippen LogP contribution in [0.4, 0.5) is 5.69 Å². The van der Waals surface area contributed by atoms with E-state index in [2.05, 4.69) is 71.2 Å². The molecule has 0 atom stereocenters. The number of aryl methyl sites for hydroxylation is 1. The minimum atomic E-state index is 0.818. The largest absolute Gasteiger partial charge is 0.341 e. The molecular formula is C23H23N3. The van der Waals surface area contributed by atoms with Crippen molar-refractivity contribution in [2.24, 2.45) is 5.10 Å². The van der Waals surface area contributed by atoms with Gasteiger partial charge in [-0.2, -0.15) is 5.10 Å². The van der Waals surface area contributed by atoms with Gasteiger partial charge < -0.3 is 4.57 Å². The van der Waals surface area contributed by atoms with Gasteiger partial charge in [0.1, 0.15) is 0 Å². The van der Waals surface area contributed by atoms with Gasteiger partial charge in [-0.3, -0.25) is 5.01 Å². The van der Waals surface area contributed by atoms with Crippen molar-refractivity contribution in [3.05, 3.63) is 78.4 Å². The molecule has 4 rings (SSSR count). The van der Waals surface area contributed by atoms with Crippen LogP contribution in [0.5, 0.6) is 0 Å². The van der Waals surface area contributed by atoms with Crippen molar-refractivity contribution >= 4 is 33.7 Å². The summed E-state index contributed by atoms with van der Waals surface area (Å²) in [5.41, 5.74) is 4.97. The average molecular weight is 341 g/mol. The SMILES string of the molecule is CCn1c2ccccc2c2cc(CC=NN(C)c3ccccc3)ccc21. The van der Waals surface area contributed by atoms with E-state index in [-0.39, 0.29) is 0 Å². The van der Waals surface area contributed by atoms with Crippen LogP contribution in [0.3, 0.4) is 0 Å². The fourth-order valence-corrected chi connectivity index (χ4v) is 3.55. The highest BCUT2D eigenvalue weighted by Gasteiger charge is 2.09. The summed E-state index contributed by atoms with van der Waals surface area (Å²) in [5.74, 6) is 0. The fraction of sp³-hybridized carbons (Fsp3) is 0.174. The van der Waals surface area contributed by atoms with Gasteiger partial charge in [0.15, 0.2) is 0 Å². The van der Waals surface area contributed by atoms with Crippen molar-refractivity contribution in [2.75, 3.05) is 12.1 Å². The molecule has 0 aliphatic heterocycles. The lowest BCUT2D eigenvalue weighted by atomic mass is 10.1. The van der Waals surface area contributed by atoms with E-state index in [4.69, 9.17) is 0 Å². The van der Waals surface area contributed by atoms with Gasteiger partial charge in [0.2, 0.25) is 0 Å². The van der Waals surface area contributed by atoms with E-state index in [1.54, 1.807) is 0 Å². The van der Waals surface area contributed by atoms with Crippen molar-refractivity contribution in [1.82, 2.24) is 4.57 Å². The third kappa shape index (κ3) is 2.97. The molecule has 0 fully saturated rings. The zero-order valence-corrected chi connectivity index (χ0v) is 15.3. The van der Waals surface area contributed by atoms with E-state index >= 15 is 0 Å². The molecule has 3 aromatic carbocycles. The number of hydrogen-bond donors (Lipinski definition) is 0. The average Bonchev–Trinajstić information content (AvgIpc) is 3.01. The van der Waals surface area contributed by atoms with Crippen molar-refractivity contribution in [1.29, 1.82) is 0 Å². The number of nitrogens with zero attached hydrogens (tertiary/aromatic N) is 3. The van der Waals surface area contributed by atoms with Crippen molar-refractivity contribution in [3.63, 3.8) is 0 Å². The summed E-state index contributed by atoms with van der Waals surface area (Å²) in [7, 11) is 1.98. The van der Waals surface area contributed by atoms with Crippen LogP contribution in [0.2, 0.25) is 0 Å². The maximum absolute atomic E-state index is 4.56. The molecule has 0 spiro atoms. The van der Waals surface area contributed by atoms with Crippen LogP contribution in [0.1, 0.15) is 12.5 Å². The Morgan fingerprint density at radius 2 is 1.62 bits per heavy atom. The number of anilines is 1. The third-order valence-corrected chi connectivity index (χ3v) is 4.86. The number of rotatable bonds is 5. The maximum Gasteiger partial charge on any atom is 0.0590 e. The lowest BCUT2D eigenvalue weighted by Gasteiger charge is -2.12. The molecular weight excluding hydrogens is 318 g/mol. The second kappa shape index (κ2) is 7.04. The molecule has 0 aliphatic carbocycles. The van der Waals surface area contributed by atoms with E-state index in [9.17, 15) is 0 Å². The summed E-state index contributed by atoms with van der Waals surface area (Å²) in [6.45, 7) is 3.18. The first kappa shape index (κ1) is 16.4. The quantitative estimate of drug-likeness (QED) is 0.348. The first-order chi connectivity index (χ1) is 12.8. The Morgan fingerprint density at radius 3 is 2.42 bits per heavy atom. The van der Waals surface area contributed by atoms with Crippen LogP contribution in [0.25, 0.3) is 21.8 Å². The summed E-state index contributed by atoms with van der Waals surface area (Å²) < 4.78 is 2.38. The van der Waals surface area contributed by atoms with Crippen LogP contribution >= 0.6 is 0 Å². The van der Waals surface area contributed by atoms with Gasteiger partial charge in [-0.1, -0.05) is 42.5 Å². The molecule has 3 nitrogen and oxygen atoms in total. The van der Waals surface area contributed by atoms with Crippen LogP contribution in [0.15, 0.2) is 77.9 Å². The topological polar surface area (TPSA) is 20.5 Å².